The Morgan fingerprint density at radius 2 is 0.931 bits per heavy atom. The number of rotatable bonds is 17. The zero-order valence-corrected chi connectivity index (χ0v) is 19.0. The number of carbonyl (C=O) groups excluding carboxylic acids is 2. The lowest BCUT2D eigenvalue weighted by atomic mass is 10.1. The van der Waals surface area contributed by atoms with E-state index in [-0.39, 0.29) is 18.5 Å². The molecule has 0 saturated carbocycles. The molecule has 0 heterocycles. The number of unbranched alkanes of at least 4 members (excludes halogenated alkanes) is 12. The Labute approximate surface area is 177 Å². The summed E-state index contributed by atoms with van der Waals surface area (Å²) >= 11 is 0. The lowest BCUT2D eigenvalue weighted by Gasteiger charge is -2.04. The number of hydrogen-bond acceptors (Lipinski definition) is 5. The highest BCUT2D eigenvalue weighted by Crippen LogP contribution is 2.11. The fraction of sp³-hybridized carbons (Fsp3) is 0.870. The van der Waals surface area contributed by atoms with Crippen LogP contribution in [-0.4, -0.2) is 29.8 Å². The molecule has 0 fully saturated rings. The van der Waals surface area contributed by atoms with Crippen LogP contribution in [0.5, 0.6) is 0 Å². The first-order valence-corrected chi connectivity index (χ1v) is 11.6. The van der Waals surface area contributed by atoms with E-state index in [0.29, 0.717) is 12.8 Å². The SMILES string of the molecule is CCCCCCCCCC(=O)OC(=O)CCCCCCCCC.CCOC(=O)O. The second-order valence-electron chi connectivity index (χ2n) is 7.29. The van der Waals surface area contributed by atoms with E-state index in [1.165, 1.54) is 64.2 Å². The molecule has 0 radical (unpaired) electrons. The molecule has 0 unspecified atom stereocenters. The Morgan fingerprint density at radius 3 is 1.21 bits per heavy atom. The molecule has 1 N–H and O–H groups in total. The summed E-state index contributed by atoms with van der Waals surface area (Å²) in [6.45, 7) is 6.27. The lowest BCUT2D eigenvalue weighted by molar-refractivity contribution is -0.159. The zero-order chi connectivity index (χ0) is 22.2. The smallest absolute Gasteiger partial charge is 0.450 e. The molecule has 0 amide bonds. The quantitative estimate of drug-likeness (QED) is 0.155. The average Bonchev–Trinajstić information content (AvgIpc) is 2.67. The second-order valence-corrected chi connectivity index (χ2v) is 7.29. The first-order valence-electron chi connectivity index (χ1n) is 11.6. The summed E-state index contributed by atoms with van der Waals surface area (Å²) in [5.74, 6) is -0.682. The van der Waals surface area contributed by atoms with Crippen LogP contribution in [0.4, 0.5) is 4.79 Å². The Hall–Kier alpha value is -1.59. The van der Waals surface area contributed by atoms with Crippen molar-refractivity contribution >= 4 is 18.1 Å². The van der Waals surface area contributed by atoms with E-state index in [1.807, 2.05) is 0 Å². The summed E-state index contributed by atoms with van der Waals surface area (Å²) < 4.78 is 8.82. The molecule has 6 heteroatoms. The number of carbonyl (C=O) groups is 3. The van der Waals surface area contributed by atoms with Gasteiger partial charge in [0, 0.05) is 12.8 Å². The highest BCUT2D eigenvalue weighted by Gasteiger charge is 2.09. The fourth-order valence-electron chi connectivity index (χ4n) is 2.81. The molecule has 0 bridgehead atoms. The number of hydrogen-bond donors (Lipinski definition) is 1. The number of esters is 2. The van der Waals surface area contributed by atoms with E-state index in [1.54, 1.807) is 6.92 Å². The van der Waals surface area contributed by atoms with Gasteiger partial charge in [0.25, 0.3) is 0 Å². The number of carboxylic acid groups (broad SMARTS) is 1. The van der Waals surface area contributed by atoms with Gasteiger partial charge in [0.1, 0.15) is 0 Å². The van der Waals surface area contributed by atoms with Gasteiger partial charge in [-0.3, -0.25) is 9.59 Å². The van der Waals surface area contributed by atoms with Gasteiger partial charge in [-0.25, -0.2) is 4.79 Å². The van der Waals surface area contributed by atoms with E-state index >= 15 is 0 Å². The zero-order valence-electron chi connectivity index (χ0n) is 19.0. The summed E-state index contributed by atoms with van der Waals surface area (Å²) in [6, 6.07) is 0. The van der Waals surface area contributed by atoms with Crippen LogP contribution in [0.1, 0.15) is 124 Å². The maximum atomic E-state index is 11.6. The van der Waals surface area contributed by atoms with Crippen LogP contribution in [0.2, 0.25) is 0 Å². The summed E-state index contributed by atoms with van der Waals surface area (Å²) in [7, 11) is 0. The van der Waals surface area contributed by atoms with Crippen LogP contribution < -0.4 is 0 Å². The molecule has 29 heavy (non-hydrogen) atoms. The van der Waals surface area contributed by atoms with Gasteiger partial charge in [0.15, 0.2) is 0 Å². The topological polar surface area (TPSA) is 89.9 Å². The predicted molar refractivity (Wildman–Crippen MR) is 116 cm³/mol. The average molecular weight is 417 g/mol. The van der Waals surface area contributed by atoms with Gasteiger partial charge in [0.2, 0.25) is 0 Å². The normalized spacial score (nSPS) is 10.0. The maximum absolute atomic E-state index is 11.6. The molecule has 0 aliphatic carbocycles. The highest BCUT2D eigenvalue weighted by molar-refractivity contribution is 5.85. The van der Waals surface area contributed by atoms with Crippen molar-refractivity contribution in [3.05, 3.63) is 0 Å². The van der Waals surface area contributed by atoms with E-state index in [2.05, 4.69) is 18.6 Å². The van der Waals surface area contributed by atoms with E-state index < -0.39 is 6.16 Å². The standard InChI is InChI=1S/C20H38O3.C3H6O3/c1-3-5-7-9-11-13-15-17-19(21)23-20(22)18-16-14-12-10-8-6-4-2;1-2-6-3(4)5/h3-18H2,1-2H3;2H2,1H3,(H,4,5). The Morgan fingerprint density at radius 1 is 0.586 bits per heavy atom. The monoisotopic (exact) mass is 416 g/mol. The minimum Gasteiger partial charge on any atom is -0.450 e. The molecule has 0 atom stereocenters. The van der Waals surface area contributed by atoms with Crippen LogP contribution in [0.15, 0.2) is 0 Å². The van der Waals surface area contributed by atoms with E-state index in [0.717, 1.165) is 25.7 Å². The van der Waals surface area contributed by atoms with E-state index in [4.69, 9.17) is 9.84 Å². The van der Waals surface area contributed by atoms with Gasteiger partial charge >= 0.3 is 18.1 Å². The third-order valence-electron chi connectivity index (χ3n) is 4.46. The number of ether oxygens (including phenoxy) is 2. The Kier molecular flexibility index (Phi) is 25.0. The molecule has 0 aliphatic heterocycles. The third kappa shape index (κ3) is 28.7. The molecule has 0 spiro atoms. The van der Waals surface area contributed by atoms with Crippen LogP contribution in [0.25, 0.3) is 0 Å². The predicted octanol–water partition coefficient (Wildman–Crippen LogP) is 7.04. The minimum atomic E-state index is -1.21. The lowest BCUT2D eigenvalue weighted by Crippen LogP contribution is -2.11. The van der Waals surface area contributed by atoms with Crippen molar-refractivity contribution in [2.75, 3.05) is 6.61 Å². The molecule has 0 aliphatic rings. The van der Waals surface area contributed by atoms with Crippen molar-refractivity contribution in [2.24, 2.45) is 0 Å². The molecule has 0 aromatic rings. The molecule has 0 aromatic heterocycles. The largest absolute Gasteiger partial charge is 0.505 e. The van der Waals surface area contributed by atoms with Crippen molar-refractivity contribution in [3.8, 4) is 0 Å². The molecule has 6 nitrogen and oxygen atoms in total. The van der Waals surface area contributed by atoms with Crippen molar-refractivity contribution in [3.63, 3.8) is 0 Å². The Balaban J connectivity index is 0. The summed E-state index contributed by atoms with van der Waals surface area (Å²) in [5, 5.41) is 7.69. The van der Waals surface area contributed by atoms with Gasteiger partial charge in [-0.05, 0) is 19.8 Å². The summed E-state index contributed by atoms with van der Waals surface area (Å²) in [5.41, 5.74) is 0. The van der Waals surface area contributed by atoms with Gasteiger partial charge in [-0.15, -0.1) is 0 Å². The van der Waals surface area contributed by atoms with Gasteiger partial charge in [-0.2, -0.15) is 0 Å². The van der Waals surface area contributed by atoms with Crippen LogP contribution in [-0.2, 0) is 19.1 Å². The first-order chi connectivity index (χ1) is 14.0. The molecule has 0 aromatic carbocycles. The molecule has 0 saturated heterocycles. The van der Waals surface area contributed by atoms with Crippen molar-refractivity contribution in [2.45, 2.75) is 124 Å². The van der Waals surface area contributed by atoms with Crippen LogP contribution in [0.3, 0.4) is 0 Å². The van der Waals surface area contributed by atoms with Crippen LogP contribution in [0, 0.1) is 0 Å². The summed E-state index contributed by atoms with van der Waals surface area (Å²) in [6.07, 6.45) is 15.9. The van der Waals surface area contributed by atoms with Crippen molar-refractivity contribution < 1.29 is 29.0 Å². The fourth-order valence-corrected chi connectivity index (χ4v) is 2.81. The minimum absolute atomic E-state index is 0.231. The summed E-state index contributed by atoms with van der Waals surface area (Å²) in [4.78, 5) is 32.5. The Bertz CT molecular complexity index is 367. The van der Waals surface area contributed by atoms with Crippen molar-refractivity contribution in [1.82, 2.24) is 0 Å². The van der Waals surface area contributed by atoms with Gasteiger partial charge < -0.3 is 14.6 Å². The third-order valence-corrected chi connectivity index (χ3v) is 4.46. The molecular weight excluding hydrogens is 372 g/mol. The molecule has 0 rings (SSSR count). The first kappa shape index (κ1) is 29.6. The van der Waals surface area contributed by atoms with Crippen LogP contribution >= 0.6 is 0 Å². The maximum Gasteiger partial charge on any atom is 0.505 e. The van der Waals surface area contributed by atoms with Gasteiger partial charge in [0.05, 0.1) is 6.61 Å². The van der Waals surface area contributed by atoms with Crippen molar-refractivity contribution in [1.29, 1.82) is 0 Å². The van der Waals surface area contributed by atoms with Gasteiger partial charge in [-0.1, -0.05) is 90.9 Å². The molecule has 172 valence electrons. The highest BCUT2D eigenvalue weighted by atomic mass is 16.7. The molecular formula is C23H44O6. The van der Waals surface area contributed by atoms with E-state index in [9.17, 15) is 14.4 Å². The second kappa shape index (κ2) is 24.4.